The summed E-state index contributed by atoms with van der Waals surface area (Å²) in [7, 11) is -9.92. The number of phosphoric acid groups is 2. The monoisotopic (exact) mass is 1480 g/mol. The Morgan fingerprint density at radius 2 is 0.416 bits per heavy atom. The third-order valence-corrected chi connectivity index (χ3v) is 21.0. The number of aliphatic hydroxyl groups excluding tert-OH is 1. The first kappa shape index (κ1) is 99.1. The Bertz CT molecular complexity index is 1970. The molecule has 0 fully saturated rings. The van der Waals surface area contributed by atoms with Gasteiger partial charge in [-0.15, -0.1) is 0 Å². The first-order valence-electron chi connectivity index (χ1n) is 42.2. The highest BCUT2D eigenvalue weighted by Gasteiger charge is 2.30. The summed E-state index contributed by atoms with van der Waals surface area (Å²) in [6.45, 7) is 14.3. The van der Waals surface area contributed by atoms with E-state index in [-0.39, 0.29) is 25.7 Å². The summed E-state index contributed by atoms with van der Waals surface area (Å²) in [5.41, 5.74) is 0. The molecule has 0 spiro atoms. The lowest BCUT2D eigenvalue weighted by Crippen LogP contribution is -2.30. The molecule has 0 heterocycles. The Morgan fingerprint density at radius 3 is 0.614 bits per heavy atom. The minimum absolute atomic E-state index is 0.105. The van der Waals surface area contributed by atoms with Gasteiger partial charge in [0.05, 0.1) is 26.4 Å². The van der Waals surface area contributed by atoms with E-state index in [1.165, 1.54) is 225 Å². The summed E-state index contributed by atoms with van der Waals surface area (Å²) in [6.07, 6.45) is 58.3. The first-order chi connectivity index (χ1) is 48.6. The van der Waals surface area contributed by atoms with Gasteiger partial charge in [0, 0.05) is 25.7 Å². The number of hydrogen-bond acceptors (Lipinski definition) is 15. The molecule has 0 radical (unpaired) electrons. The van der Waals surface area contributed by atoms with Crippen molar-refractivity contribution in [3.05, 3.63) is 0 Å². The number of hydrogen-bond donors (Lipinski definition) is 3. The van der Waals surface area contributed by atoms with Crippen LogP contribution in [0, 0.1) is 23.7 Å². The van der Waals surface area contributed by atoms with Crippen molar-refractivity contribution in [3.63, 3.8) is 0 Å². The Balaban J connectivity index is 5.24. The second-order valence-corrected chi connectivity index (χ2v) is 34.3. The smallest absolute Gasteiger partial charge is 0.462 e. The molecular formula is C82H160O17P2. The fourth-order valence-corrected chi connectivity index (χ4v) is 14.2. The van der Waals surface area contributed by atoms with E-state index in [1.807, 2.05) is 0 Å². The molecule has 0 rings (SSSR count). The fourth-order valence-electron chi connectivity index (χ4n) is 12.6. The molecule has 0 aliphatic heterocycles. The number of rotatable bonds is 79. The predicted octanol–water partition coefficient (Wildman–Crippen LogP) is 24.4. The van der Waals surface area contributed by atoms with Gasteiger partial charge in [-0.25, -0.2) is 9.13 Å². The van der Waals surface area contributed by atoms with E-state index in [2.05, 4.69) is 55.4 Å². The summed E-state index contributed by atoms with van der Waals surface area (Å²) in [4.78, 5) is 73.1. The van der Waals surface area contributed by atoms with E-state index in [0.29, 0.717) is 25.7 Å². The lowest BCUT2D eigenvalue weighted by atomic mass is 10.0. The number of esters is 4. The van der Waals surface area contributed by atoms with Gasteiger partial charge in [-0.05, 0) is 49.4 Å². The zero-order valence-electron chi connectivity index (χ0n) is 66.5. The number of phosphoric ester groups is 2. The minimum Gasteiger partial charge on any atom is -0.462 e. The summed E-state index contributed by atoms with van der Waals surface area (Å²) in [5.74, 6) is 0.980. The molecule has 3 unspecified atom stereocenters. The van der Waals surface area contributed by atoms with E-state index >= 15 is 0 Å². The van der Waals surface area contributed by atoms with Crippen LogP contribution in [0.15, 0.2) is 0 Å². The standard InChI is InChI=1S/C82H160O17P2/c1-72(2)58-50-42-34-26-20-16-12-9-10-14-18-22-29-38-46-54-62-79(84)92-68-77(98-81(86)64-56-48-40-30-23-19-15-11-13-17-21-27-35-43-51-59-73(3)4)70-96-100(88,89)94-66-76(83)67-95-101(90,91)97-71-78(69-93-80(85)63-55-47-39-33-32-37-45-53-61-75(7)8)99-82(87)65-57-49-41-31-25-24-28-36-44-52-60-74(5)6/h72-78,83H,9-71H2,1-8H3,(H,88,89)(H,90,91)/t76?,77-,78-/m1/s1. The highest BCUT2D eigenvalue weighted by molar-refractivity contribution is 7.47. The summed E-state index contributed by atoms with van der Waals surface area (Å²) < 4.78 is 68.7. The van der Waals surface area contributed by atoms with Crippen molar-refractivity contribution < 1.29 is 80.2 Å². The highest BCUT2D eigenvalue weighted by atomic mass is 31.2. The molecule has 101 heavy (non-hydrogen) atoms. The molecule has 0 aromatic carbocycles. The average Bonchev–Trinajstić information content (AvgIpc) is 0.919. The molecule has 0 saturated carbocycles. The van der Waals surface area contributed by atoms with Crippen molar-refractivity contribution in [1.82, 2.24) is 0 Å². The van der Waals surface area contributed by atoms with Gasteiger partial charge in [0.2, 0.25) is 0 Å². The van der Waals surface area contributed by atoms with Gasteiger partial charge >= 0.3 is 39.5 Å². The van der Waals surface area contributed by atoms with Crippen LogP contribution >= 0.6 is 15.6 Å². The van der Waals surface area contributed by atoms with Crippen LogP contribution in [0.5, 0.6) is 0 Å². The molecule has 0 saturated heterocycles. The molecule has 0 aromatic heterocycles. The third kappa shape index (κ3) is 76.1. The average molecular weight is 1480 g/mol. The zero-order valence-corrected chi connectivity index (χ0v) is 68.3. The van der Waals surface area contributed by atoms with Crippen molar-refractivity contribution in [2.45, 2.75) is 440 Å². The number of aliphatic hydroxyl groups is 1. The van der Waals surface area contributed by atoms with Crippen LogP contribution in [0.1, 0.15) is 421 Å². The molecular weight excluding hydrogens is 1320 g/mol. The molecule has 0 aliphatic rings. The van der Waals surface area contributed by atoms with Crippen LogP contribution in [-0.4, -0.2) is 96.7 Å². The largest absolute Gasteiger partial charge is 0.472 e. The fraction of sp³-hybridized carbons (Fsp3) is 0.951. The van der Waals surface area contributed by atoms with Crippen LogP contribution in [0.4, 0.5) is 0 Å². The zero-order chi connectivity index (χ0) is 74.6. The van der Waals surface area contributed by atoms with Crippen molar-refractivity contribution >= 4 is 39.5 Å². The highest BCUT2D eigenvalue weighted by Crippen LogP contribution is 2.45. The van der Waals surface area contributed by atoms with E-state index in [1.54, 1.807) is 0 Å². The maximum absolute atomic E-state index is 13.1. The predicted molar refractivity (Wildman–Crippen MR) is 414 cm³/mol. The number of carbonyl (C=O) groups is 4. The van der Waals surface area contributed by atoms with Crippen LogP contribution < -0.4 is 0 Å². The third-order valence-electron chi connectivity index (χ3n) is 19.1. The van der Waals surface area contributed by atoms with E-state index in [0.717, 1.165) is 114 Å². The molecule has 19 heteroatoms. The molecule has 17 nitrogen and oxygen atoms in total. The summed E-state index contributed by atoms with van der Waals surface area (Å²) in [6, 6.07) is 0. The Hall–Kier alpha value is -1.94. The van der Waals surface area contributed by atoms with E-state index < -0.39 is 97.5 Å². The van der Waals surface area contributed by atoms with Gasteiger partial charge < -0.3 is 33.8 Å². The molecule has 600 valence electrons. The molecule has 3 N–H and O–H groups in total. The maximum Gasteiger partial charge on any atom is 0.472 e. The molecule has 0 aliphatic carbocycles. The van der Waals surface area contributed by atoms with Gasteiger partial charge in [-0.2, -0.15) is 0 Å². The van der Waals surface area contributed by atoms with Gasteiger partial charge in [-0.3, -0.25) is 37.3 Å². The SMILES string of the molecule is CC(C)CCCCCCCCCCCCCCCCCCC(=O)OC[C@H](COP(=O)(O)OCC(O)COP(=O)(O)OC[C@@H](COC(=O)CCCCCCCCCCC(C)C)OC(=O)CCCCCCCCCCCCC(C)C)OC(=O)CCCCCCCCCCCCCCCCCC(C)C. The maximum atomic E-state index is 13.1. The minimum atomic E-state index is -4.96. The van der Waals surface area contributed by atoms with Crippen LogP contribution in [-0.2, 0) is 65.4 Å². The van der Waals surface area contributed by atoms with Crippen molar-refractivity contribution in [1.29, 1.82) is 0 Å². The molecule has 0 bridgehead atoms. The lowest BCUT2D eigenvalue weighted by Gasteiger charge is -2.21. The van der Waals surface area contributed by atoms with E-state index in [9.17, 15) is 43.2 Å². The van der Waals surface area contributed by atoms with Crippen molar-refractivity contribution in [3.8, 4) is 0 Å². The number of unbranched alkanes of at least 4 members (excludes halogenated alkanes) is 45. The number of ether oxygens (including phenoxy) is 4. The van der Waals surface area contributed by atoms with Gasteiger partial charge in [0.15, 0.2) is 12.2 Å². The topological polar surface area (TPSA) is 237 Å². The van der Waals surface area contributed by atoms with Crippen molar-refractivity contribution in [2.75, 3.05) is 39.6 Å². The second kappa shape index (κ2) is 71.0. The quantitative estimate of drug-likeness (QED) is 0.0222. The molecule has 0 aromatic rings. The Morgan fingerprint density at radius 1 is 0.248 bits per heavy atom. The van der Waals surface area contributed by atoms with Gasteiger partial charge in [0.25, 0.3) is 0 Å². The van der Waals surface area contributed by atoms with E-state index in [4.69, 9.17) is 37.0 Å². The Kier molecular flexibility index (Phi) is 69.6. The summed E-state index contributed by atoms with van der Waals surface area (Å²) >= 11 is 0. The van der Waals surface area contributed by atoms with Crippen LogP contribution in [0.3, 0.4) is 0 Å². The first-order valence-corrected chi connectivity index (χ1v) is 45.2. The second-order valence-electron chi connectivity index (χ2n) is 31.4. The normalized spacial score (nSPS) is 14.0. The number of carbonyl (C=O) groups excluding carboxylic acids is 4. The lowest BCUT2D eigenvalue weighted by molar-refractivity contribution is -0.161. The van der Waals surface area contributed by atoms with Crippen LogP contribution in [0.2, 0.25) is 0 Å². The van der Waals surface area contributed by atoms with Gasteiger partial charge in [0.1, 0.15) is 19.3 Å². The van der Waals surface area contributed by atoms with Gasteiger partial charge in [-0.1, -0.05) is 370 Å². The Labute approximate surface area is 619 Å². The van der Waals surface area contributed by atoms with Crippen molar-refractivity contribution in [2.24, 2.45) is 23.7 Å². The molecule has 0 amide bonds. The van der Waals surface area contributed by atoms with Crippen LogP contribution in [0.25, 0.3) is 0 Å². The molecule has 5 atom stereocenters. The summed E-state index contributed by atoms with van der Waals surface area (Å²) in [5, 5.41) is 10.6.